The van der Waals surface area contributed by atoms with Crippen LogP contribution < -0.4 is 14.8 Å². The number of ether oxygens (including phenoxy) is 2. The number of methoxy groups -OCH3 is 1. The van der Waals surface area contributed by atoms with Crippen molar-refractivity contribution in [2.45, 2.75) is 13.0 Å². The fraction of sp³-hybridized carbons (Fsp3) is 0.176. The van der Waals surface area contributed by atoms with Crippen molar-refractivity contribution in [2.24, 2.45) is 0 Å². The Labute approximate surface area is 147 Å². The van der Waals surface area contributed by atoms with E-state index in [2.05, 4.69) is 10.3 Å². The van der Waals surface area contributed by atoms with Crippen LogP contribution in [0.1, 0.15) is 6.92 Å². The van der Waals surface area contributed by atoms with Crippen molar-refractivity contribution in [3.8, 4) is 22.1 Å². The highest BCUT2D eigenvalue weighted by Gasteiger charge is 2.17. The van der Waals surface area contributed by atoms with E-state index in [0.717, 1.165) is 10.6 Å². The van der Waals surface area contributed by atoms with E-state index < -0.39 is 6.10 Å². The average molecular weight is 360 g/mol. The highest BCUT2D eigenvalue weighted by atomic mass is 32.1. The van der Waals surface area contributed by atoms with E-state index in [1.807, 2.05) is 35.0 Å². The molecule has 0 saturated heterocycles. The lowest BCUT2D eigenvalue weighted by atomic mass is 10.3. The van der Waals surface area contributed by atoms with Crippen molar-refractivity contribution in [3.63, 3.8) is 0 Å². The van der Waals surface area contributed by atoms with E-state index in [9.17, 15) is 4.79 Å². The smallest absolute Gasteiger partial charge is 0.266 e. The maximum atomic E-state index is 12.3. The zero-order chi connectivity index (χ0) is 16.9. The molecule has 1 aromatic carbocycles. The molecule has 2 heterocycles. The molecule has 0 bridgehead atoms. The monoisotopic (exact) mass is 360 g/mol. The van der Waals surface area contributed by atoms with Gasteiger partial charge in [-0.1, -0.05) is 12.1 Å². The van der Waals surface area contributed by atoms with E-state index >= 15 is 0 Å². The van der Waals surface area contributed by atoms with Gasteiger partial charge in [-0.2, -0.15) is 0 Å². The molecule has 0 aliphatic heterocycles. The van der Waals surface area contributed by atoms with Crippen LogP contribution in [0.3, 0.4) is 0 Å². The number of carbonyl (C=O) groups excluding carboxylic acids is 1. The van der Waals surface area contributed by atoms with Crippen molar-refractivity contribution >= 4 is 33.7 Å². The molecule has 3 aromatic rings. The van der Waals surface area contributed by atoms with Gasteiger partial charge in [0.15, 0.2) is 11.2 Å². The third-order valence-electron chi connectivity index (χ3n) is 3.23. The number of hydrogen-bond acceptors (Lipinski definition) is 6. The number of thiophene rings is 1. The number of thiazole rings is 1. The molecule has 1 unspecified atom stereocenters. The normalized spacial score (nSPS) is 11.8. The Bertz CT molecular complexity index is 815. The molecule has 5 nitrogen and oxygen atoms in total. The van der Waals surface area contributed by atoms with Crippen molar-refractivity contribution in [3.05, 3.63) is 47.2 Å². The first-order valence-electron chi connectivity index (χ1n) is 7.26. The van der Waals surface area contributed by atoms with E-state index in [1.54, 1.807) is 37.5 Å². The Balaban J connectivity index is 1.62. The molecule has 0 radical (unpaired) electrons. The second-order valence-electron chi connectivity index (χ2n) is 4.94. The minimum absolute atomic E-state index is 0.245. The predicted molar refractivity (Wildman–Crippen MR) is 97.1 cm³/mol. The topological polar surface area (TPSA) is 60.5 Å². The highest BCUT2D eigenvalue weighted by molar-refractivity contribution is 7.16. The number of nitrogens with one attached hydrogen (secondary N) is 1. The number of hydrogen-bond donors (Lipinski definition) is 1. The zero-order valence-electron chi connectivity index (χ0n) is 13.2. The SMILES string of the molecule is COc1cccc(OC(C)C(=O)Nc2nc(-c3cccs3)cs2)c1. The summed E-state index contributed by atoms with van der Waals surface area (Å²) >= 11 is 3.01. The lowest BCUT2D eigenvalue weighted by Crippen LogP contribution is -2.30. The number of benzene rings is 1. The molecule has 7 heteroatoms. The summed E-state index contributed by atoms with van der Waals surface area (Å²) in [6.45, 7) is 1.70. The largest absolute Gasteiger partial charge is 0.497 e. The maximum absolute atomic E-state index is 12.3. The van der Waals surface area contributed by atoms with Crippen LogP contribution in [0.2, 0.25) is 0 Å². The van der Waals surface area contributed by atoms with Gasteiger partial charge in [0, 0.05) is 11.4 Å². The van der Waals surface area contributed by atoms with Gasteiger partial charge in [0.25, 0.3) is 5.91 Å². The van der Waals surface area contributed by atoms with Crippen LogP contribution >= 0.6 is 22.7 Å². The number of rotatable bonds is 6. The minimum atomic E-state index is -0.647. The molecule has 0 saturated carbocycles. The lowest BCUT2D eigenvalue weighted by molar-refractivity contribution is -0.122. The highest BCUT2D eigenvalue weighted by Crippen LogP contribution is 2.28. The lowest BCUT2D eigenvalue weighted by Gasteiger charge is -2.14. The van der Waals surface area contributed by atoms with Crippen molar-refractivity contribution < 1.29 is 14.3 Å². The van der Waals surface area contributed by atoms with E-state index in [-0.39, 0.29) is 5.91 Å². The van der Waals surface area contributed by atoms with Gasteiger partial charge >= 0.3 is 0 Å². The Morgan fingerprint density at radius 2 is 2.04 bits per heavy atom. The number of carbonyl (C=O) groups is 1. The van der Waals surface area contributed by atoms with Gasteiger partial charge in [-0.05, 0) is 30.5 Å². The molecule has 124 valence electrons. The fourth-order valence-corrected chi connectivity index (χ4v) is 3.48. The first-order chi connectivity index (χ1) is 11.7. The molecular formula is C17H16N2O3S2. The van der Waals surface area contributed by atoms with Crippen LogP contribution in [0.25, 0.3) is 10.6 Å². The third kappa shape index (κ3) is 3.93. The summed E-state index contributed by atoms with van der Waals surface area (Å²) in [6.07, 6.45) is -0.647. The second kappa shape index (κ2) is 7.46. The molecule has 1 atom stereocenters. The summed E-state index contributed by atoms with van der Waals surface area (Å²) < 4.78 is 10.8. The number of anilines is 1. The Kier molecular flexibility index (Phi) is 5.12. The van der Waals surface area contributed by atoms with Crippen LogP contribution in [0.5, 0.6) is 11.5 Å². The van der Waals surface area contributed by atoms with Crippen LogP contribution in [-0.2, 0) is 4.79 Å². The molecule has 0 aliphatic rings. The molecule has 24 heavy (non-hydrogen) atoms. The van der Waals surface area contributed by atoms with Crippen LogP contribution in [0.4, 0.5) is 5.13 Å². The summed E-state index contributed by atoms with van der Waals surface area (Å²) in [5, 5.41) is 7.27. The van der Waals surface area contributed by atoms with Gasteiger partial charge in [0.05, 0.1) is 17.7 Å². The van der Waals surface area contributed by atoms with E-state index in [4.69, 9.17) is 9.47 Å². The molecule has 3 rings (SSSR count). The molecule has 0 aliphatic carbocycles. The summed E-state index contributed by atoms with van der Waals surface area (Å²) in [4.78, 5) is 17.8. The predicted octanol–water partition coefficient (Wildman–Crippen LogP) is 4.29. The Morgan fingerprint density at radius 3 is 2.79 bits per heavy atom. The summed E-state index contributed by atoms with van der Waals surface area (Å²) in [7, 11) is 1.59. The summed E-state index contributed by atoms with van der Waals surface area (Å²) in [6, 6.07) is 11.1. The first-order valence-corrected chi connectivity index (χ1v) is 9.02. The van der Waals surface area contributed by atoms with Gasteiger partial charge in [-0.25, -0.2) is 4.98 Å². The Morgan fingerprint density at radius 1 is 1.21 bits per heavy atom. The van der Waals surface area contributed by atoms with E-state index in [1.165, 1.54) is 11.3 Å². The van der Waals surface area contributed by atoms with Gasteiger partial charge < -0.3 is 9.47 Å². The maximum Gasteiger partial charge on any atom is 0.266 e. The van der Waals surface area contributed by atoms with Crippen LogP contribution in [0.15, 0.2) is 47.2 Å². The number of aromatic nitrogens is 1. The van der Waals surface area contributed by atoms with Crippen LogP contribution in [-0.4, -0.2) is 24.1 Å². The third-order valence-corrected chi connectivity index (χ3v) is 4.88. The van der Waals surface area contributed by atoms with Crippen LogP contribution in [0, 0.1) is 0 Å². The second-order valence-corrected chi connectivity index (χ2v) is 6.75. The quantitative estimate of drug-likeness (QED) is 0.712. The van der Waals surface area contributed by atoms with Gasteiger partial charge in [-0.15, -0.1) is 22.7 Å². The number of amides is 1. The summed E-state index contributed by atoms with van der Waals surface area (Å²) in [5.41, 5.74) is 0.867. The fourth-order valence-electron chi connectivity index (χ4n) is 2.01. The summed E-state index contributed by atoms with van der Waals surface area (Å²) in [5.74, 6) is 1.01. The number of nitrogens with zero attached hydrogens (tertiary/aromatic N) is 1. The zero-order valence-corrected chi connectivity index (χ0v) is 14.8. The minimum Gasteiger partial charge on any atom is -0.497 e. The molecular weight excluding hydrogens is 344 g/mol. The van der Waals surface area contributed by atoms with Crippen molar-refractivity contribution in [1.82, 2.24) is 4.98 Å². The van der Waals surface area contributed by atoms with E-state index in [0.29, 0.717) is 16.6 Å². The molecule has 1 amide bonds. The molecule has 0 spiro atoms. The van der Waals surface area contributed by atoms with Crippen molar-refractivity contribution in [1.29, 1.82) is 0 Å². The van der Waals surface area contributed by atoms with Gasteiger partial charge in [0.2, 0.25) is 0 Å². The van der Waals surface area contributed by atoms with Gasteiger partial charge in [-0.3, -0.25) is 10.1 Å². The Hall–Kier alpha value is -2.38. The average Bonchev–Trinajstić information content (AvgIpc) is 3.26. The molecule has 2 aromatic heterocycles. The molecule has 1 N–H and O–H groups in total. The van der Waals surface area contributed by atoms with Gasteiger partial charge in [0.1, 0.15) is 11.5 Å². The standard InChI is InChI=1S/C17H16N2O3S2/c1-11(22-13-6-3-5-12(9-13)21-2)16(20)19-17-18-14(10-24-17)15-7-4-8-23-15/h3-11H,1-2H3,(H,18,19,20). The van der Waals surface area contributed by atoms with Crippen molar-refractivity contribution in [2.75, 3.05) is 12.4 Å². The first kappa shape index (κ1) is 16.5. The molecule has 0 fully saturated rings.